The maximum absolute atomic E-state index is 6.73. The third kappa shape index (κ3) is 4.82. The minimum atomic E-state index is 0.855. The Labute approximate surface area is 295 Å². The number of fused-ring (bicyclic) bond motifs is 6. The van der Waals surface area contributed by atoms with E-state index in [-0.39, 0.29) is 0 Å². The van der Waals surface area contributed by atoms with E-state index in [0.717, 1.165) is 61.3 Å². The van der Waals surface area contributed by atoms with E-state index in [4.69, 9.17) is 4.42 Å². The van der Waals surface area contributed by atoms with Gasteiger partial charge in [0, 0.05) is 38.5 Å². The van der Waals surface area contributed by atoms with Gasteiger partial charge in [-0.3, -0.25) is 0 Å². The average Bonchev–Trinajstić information content (AvgIpc) is 3.75. The van der Waals surface area contributed by atoms with Crippen LogP contribution < -0.4 is 4.90 Å². The van der Waals surface area contributed by atoms with Gasteiger partial charge >= 0.3 is 0 Å². The van der Waals surface area contributed by atoms with Crippen LogP contribution in [-0.4, -0.2) is 4.57 Å². The molecule has 0 bridgehead atoms. The van der Waals surface area contributed by atoms with Crippen molar-refractivity contribution >= 4 is 60.8 Å². The van der Waals surface area contributed by atoms with Gasteiger partial charge in [0.2, 0.25) is 0 Å². The number of hydrogen-bond donors (Lipinski definition) is 0. The molecule has 0 fully saturated rings. The average molecular weight is 653 g/mol. The van der Waals surface area contributed by atoms with E-state index < -0.39 is 0 Å². The van der Waals surface area contributed by atoms with Crippen LogP contribution in [0.5, 0.6) is 0 Å². The zero-order chi connectivity index (χ0) is 33.7. The van der Waals surface area contributed by atoms with Gasteiger partial charge in [0.25, 0.3) is 0 Å². The van der Waals surface area contributed by atoms with E-state index in [1.165, 1.54) is 27.4 Å². The lowest BCUT2D eigenvalue weighted by Crippen LogP contribution is -2.12. The molecule has 0 amide bonds. The minimum Gasteiger partial charge on any atom is -0.454 e. The molecule has 0 N–H and O–H groups in total. The quantitative estimate of drug-likeness (QED) is 0.178. The van der Waals surface area contributed by atoms with Crippen LogP contribution in [0.25, 0.3) is 71.7 Å². The van der Waals surface area contributed by atoms with Crippen molar-refractivity contribution in [2.45, 2.75) is 0 Å². The number of aromatic nitrogens is 1. The summed E-state index contributed by atoms with van der Waals surface area (Å²) < 4.78 is 9.11. The fourth-order valence-corrected chi connectivity index (χ4v) is 7.66. The number of rotatable bonds is 6. The Hall–Kier alpha value is -6.84. The third-order valence-corrected chi connectivity index (χ3v) is 9.98. The van der Waals surface area contributed by atoms with Crippen LogP contribution in [0.15, 0.2) is 199 Å². The molecule has 0 unspecified atom stereocenters. The molecule has 0 radical (unpaired) electrons. The molecular weight excluding hydrogens is 621 g/mol. The number of anilines is 3. The predicted molar refractivity (Wildman–Crippen MR) is 214 cm³/mol. The van der Waals surface area contributed by atoms with Gasteiger partial charge in [-0.2, -0.15) is 0 Å². The summed E-state index contributed by atoms with van der Waals surface area (Å²) >= 11 is 0. The van der Waals surface area contributed by atoms with Crippen LogP contribution in [0.1, 0.15) is 0 Å². The van der Waals surface area contributed by atoms with Crippen molar-refractivity contribution in [1.82, 2.24) is 4.57 Å². The zero-order valence-electron chi connectivity index (χ0n) is 27.8. The first kappa shape index (κ1) is 29.1. The summed E-state index contributed by atoms with van der Waals surface area (Å²) in [5.41, 5.74) is 12.9. The molecule has 0 atom stereocenters. The van der Waals surface area contributed by atoms with Crippen LogP contribution >= 0.6 is 0 Å². The Morgan fingerprint density at radius 3 is 1.84 bits per heavy atom. The van der Waals surface area contributed by atoms with Gasteiger partial charge in [-0.1, -0.05) is 140 Å². The molecular formula is C48H32N2O. The Morgan fingerprint density at radius 2 is 1.04 bits per heavy atom. The first-order valence-electron chi connectivity index (χ1n) is 17.4. The molecule has 0 aliphatic carbocycles. The van der Waals surface area contributed by atoms with Crippen LogP contribution in [-0.2, 0) is 0 Å². The highest BCUT2D eigenvalue weighted by Gasteiger charge is 2.24. The molecule has 10 rings (SSSR count). The van der Waals surface area contributed by atoms with Gasteiger partial charge in [-0.05, 0) is 71.3 Å². The van der Waals surface area contributed by atoms with Crippen molar-refractivity contribution in [1.29, 1.82) is 0 Å². The summed E-state index contributed by atoms with van der Waals surface area (Å²) in [6, 6.07) is 69.1. The number of para-hydroxylation sites is 4. The van der Waals surface area contributed by atoms with Gasteiger partial charge in [-0.25, -0.2) is 0 Å². The molecule has 0 saturated carbocycles. The van der Waals surface area contributed by atoms with Crippen LogP contribution in [0, 0.1) is 0 Å². The number of benzene rings is 8. The van der Waals surface area contributed by atoms with Crippen molar-refractivity contribution in [2.24, 2.45) is 0 Å². The van der Waals surface area contributed by atoms with Crippen molar-refractivity contribution in [3.05, 3.63) is 194 Å². The van der Waals surface area contributed by atoms with Gasteiger partial charge < -0.3 is 13.9 Å². The highest BCUT2D eigenvalue weighted by Crippen LogP contribution is 2.47. The molecule has 0 aliphatic rings. The molecule has 0 spiro atoms. The SMILES string of the molecule is c1ccc(-c2ccc(N(c3ccc4c5ccccc5n(-c5ccccc5)c4c3)c3cccc4c3oc3ccccc34)c(-c3ccccc3)c2)cc1. The first-order chi connectivity index (χ1) is 25.3. The van der Waals surface area contributed by atoms with Crippen molar-refractivity contribution in [3.8, 4) is 27.9 Å². The van der Waals surface area contributed by atoms with E-state index >= 15 is 0 Å². The second kappa shape index (κ2) is 11.9. The maximum atomic E-state index is 6.73. The zero-order valence-corrected chi connectivity index (χ0v) is 27.8. The molecule has 51 heavy (non-hydrogen) atoms. The van der Waals surface area contributed by atoms with Crippen LogP contribution in [0.2, 0.25) is 0 Å². The van der Waals surface area contributed by atoms with E-state index in [2.05, 4.69) is 198 Å². The smallest absolute Gasteiger partial charge is 0.159 e. The fraction of sp³-hybridized carbons (Fsp3) is 0. The van der Waals surface area contributed by atoms with E-state index in [0.29, 0.717) is 0 Å². The Morgan fingerprint density at radius 1 is 0.392 bits per heavy atom. The fourth-order valence-electron chi connectivity index (χ4n) is 7.66. The first-order valence-corrected chi connectivity index (χ1v) is 17.4. The van der Waals surface area contributed by atoms with Crippen molar-refractivity contribution in [3.63, 3.8) is 0 Å². The van der Waals surface area contributed by atoms with Gasteiger partial charge in [-0.15, -0.1) is 0 Å². The largest absolute Gasteiger partial charge is 0.454 e. The molecule has 0 saturated heterocycles. The molecule has 10 aromatic rings. The van der Waals surface area contributed by atoms with Crippen molar-refractivity contribution < 1.29 is 4.42 Å². The number of hydrogen-bond acceptors (Lipinski definition) is 2. The molecule has 240 valence electrons. The van der Waals surface area contributed by atoms with Gasteiger partial charge in [0.15, 0.2) is 5.58 Å². The second-order valence-corrected chi connectivity index (χ2v) is 12.9. The molecule has 2 heterocycles. The van der Waals surface area contributed by atoms with Crippen LogP contribution in [0.3, 0.4) is 0 Å². The predicted octanol–water partition coefficient (Wildman–Crippen LogP) is 13.5. The molecule has 2 aromatic heterocycles. The van der Waals surface area contributed by atoms with Gasteiger partial charge in [0.05, 0.1) is 22.4 Å². The summed E-state index contributed by atoms with van der Waals surface area (Å²) in [5.74, 6) is 0. The highest BCUT2D eigenvalue weighted by atomic mass is 16.3. The second-order valence-electron chi connectivity index (χ2n) is 12.9. The lowest BCUT2D eigenvalue weighted by atomic mass is 9.96. The third-order valence-electron chi connectivity index (χ3n) is 9.98. The monoisotopic (exact) mass is 652 g/mol. The normalized spacial score (nSPS) is 11.5. The molecule has 3 heteroatoms. The molecule has 0 aliphatic heterocycles. The topological polar surface area (TPSA) is 21.3 Å². The van der Waals surface area contributed by atoms with Crippen molar-refractivity contribution in [2.75, 3.05) is 4.90 Å². The lowest BCUT2D eigenvalue weighted by molar-refractivity contribution is 0.669. The summed E-state index contributed by atoms with van der Waals surface area (Å²) in [4.78, 5) is 2.38. The Bertz CT molecular complexity index is 2850. The highest BCUT2D eigenvalue weighted by molar-refractivity contribution is 6.13. The van der Waals surface area contributed by atoms with E-state index in [1.807, 2.05) is 6.07 Å². The Kier molecular flexibility index (Phi) is 6.81. The Balaban J connectivity index is 1.30. The summed E-state index contributed by atoms with van der Waals surface area (Å²) in [6.07, 6.45) is 0. The number of nitrogens with zero attached hydrogens (tertiary/aromatic N) is 2. The standard InChI is InChI=1S/C48H32N2O/c1-4-15-33(16-5-1)35-27-30-44(42(31-35)34-17-6-2-7-18-34)50(45-25-14-23-41-40-22-11-13-26-47(40)51-48(41)45)37-28-29-39-38-21-10-12-24-43(38)49(46(39)32-37)36-19-8-3-9-20-36/h1-32H. The maximum Gasteiger partial charge on any atom is 0.159 e. The van der Waals surface area contributed by atoms with Gasteiger partial charge in [0.1, 0.15) is 5.58 Å². The van der Waals surface area contributed by atoms with E-state index in [9.17, 15) is 0 Å². The number of furan rings is 1. The van der Waals surface area contributed by atoms with E-state index in [1.54, 1.807) is 0 Å². The lowest BCUT2D eigenvalue weighted by Gasteiger charge is -2.28. The summed E-state index contributed by atoms with van der Waals surface area (Å²) in [6.45, 7) is 0. The minimum absolute atomic E-state index is 0.855. The summed E-state index contributed by atoms with van der Waals surface area (Å²) in [5, 5.41) is 4.64. The molecule has 8 aromatic carbocycles. The molecule has 3 nitrogen and oxygen atoms in total. The van der Waals surface area contributed by atoms with Crippen LogP contribution in [0.4, 0.5) is 17.1 Å². The summed E-state index contributed by atoms with van der Waals surface area (Å²) in [7, 11) is 0.